The Kier molecular flexibility index (Phi) is 11.1. The number of fused-ring (bicyclic) bond motifs is 3. The molecule has 1 saturated heterocycles. The fourth-order valence-corrected chi connectivity index (χ4v) is 5.87. The van der Waals surface area contributed by atoms with Crippen LogP contribution in [0, 0.1) is 0 Å². The first kappa shape index (κ1) is 37.3. The molecule has 1 N–H and O–H groups in total. The zero-order valence-electron chi connectivity index (χ0n) is 27.8. The quantitative estimate of drug-likeness (QED) is 0.219. The first-order valence-corrected chi connectivity index (χ1v) is 15.6. The lowest BCUT2D eigenvalue weighted by molar-refractivity contribution is -0.139. The SMILES string of the molecule is COC[C@@H](COCCC(=O)N1CCN2c3ncc(C(F)(F)F)cc3N(C)C(=O)[C@@H]2C1)Nc1cnn(Cc2ccc(OC)cc2)c(=O)c1C(F)(F)F. The highest BCUT2D eigenvalue weighted by Crippen LogP contribution is 2.39. The highest BCUT2D eigenvalue weighted by Gasteiger charge is 2.43. The van der Waals surface area contributed by atoms with E-state index in [0.29, 0.717) is 22.2 Å². The first-order chi connectivity index (χ1) is 24.1. The molecule has 3 aromatic rings. The van der Waals surface area contributed by atoms with Crippen molar-refractivity contribution in [3.8, 4) is 5.75 Å². The Morgan fingerprint density at radius 2 is 1.75 bits per heavy atom. The Morgan fingerprint density at radius 1 is 1.02 bits per heavy atom. The van der Waals surface area contributed by atoms with Gasteiger partial charge in [0.2, 0.25) is 5.91 Å². The molecule has 13 nitrogen and oxygen atoms in total. The molecule has 2 aromatic heterocycles. The molecular weight excluding hydrogens is 692 g/mol. The molecule has 0 bridgehead atoms. The number of alkyl halides is 6. The third kappa shape index (κ3) is 8.36. The monoisotopic (exact) mass is 727 g/mol. The maximum atomic E-state index is 14.1. The van der Waals surface area contributed by atoms with Crippen LogP contribution in [0.4, 0.5) is 43.5 Å². The minimum Gasteiger partial charge on any atom is -0.497 e. The summed E-state index contributed by atoms with van der Waals surface area (Å²) in [4.78, 5) is 47.2. The molecule has 4 heterocycles. The van der Waals surface area contributed by atoms with Crippen LogP contribution < -0.4 is 25.4 Å². The minimum atomic E-state index is -5.02. The second-order valence-electron chi connectivity index (χ2n) is 11.9. The zero-order chi connectivity index (χ0) is 37.1. The van der Waals surface area contributed by atoms with E-state index < -0.39 is 52.7 Å². The van der Waals surface area contributed by atoms with E-state index >= 15 is 0 Å². The van der Waals surface area contributed by atoms with Crippen molar-refractivity contribution >= 4 is 29.0 Å². The average Bonchev–Trinajstić information content (AvgIpc) is 3.09. The van der Waals surface area contributed by atoms with Gasteiger partial charge in [0.15, 0.2) is 5.82 Å². The highest BCUT2D eigenvalue weighted by atomic mass is 19.4. The van der Waals surface area contributed by atoms with Crippen molar-refractivity contribution < 1.29 is 50.1 Å². The van der Waals surface area contributed by atoms with Gasteiger partial charge in [0.05, 0.1) is 75.6 Å². The summed E-state index contributed by atoms with van der Waals surface area (Å²) in [5.74, 6) is -0.110. The van der Waals surface area contributed by atoms with Crippen molar-refractivity contribution in [3.05, 3.63) is 69.8 Å². The number of likely N-dealkylation sites (N-methyl/N-ethyl adjacent to an activating group) is 1. The number of carbonyl (C=O) groups is 2. The maximum Gasteiger partial charge on any atom is 0.423 e. The molecule has 2 atom stereocenters. The van der Waals surface area contributed by atoms with E-state index in [4.69, 9.17) is 14.2 Å². The van der Waals surface area contributed by atoms with Crippen molar-refractivity contribution in [3.63, 3.8) is 0 Å². The van der Waals surface area contributed by atoms with Gasteiger partial charge in [-0.3, -0.25) is 14.4 Å². The number of amides is 2. The molecule has 0 unspecified atom stereocenters. The van der Waals surface area contributed by atoms with Gasteiger partial charge in [-0.15, -0.1) is 0 Å². The molecule has 0 radical (unpaired) electrons. The van der Waals surface area contributed by atoms with E-state index in [9.17, 15) is 40.7 Å². The number of methoxy groups -OCH3 is 2. The van der Waals surface area contributed by atoms with Gasteiger partial charge < -0.3 is 34.2 Å². The lowest BCUT2D eigenvalue weighted by Gasteiger charge is -2.46. The Hall–Kier alpha value is -4.91. The molecule has 1 aromatic carbocycles. The second kappa shape index (κ2) is 15.1. The number of hydrogen-bond donors (Lipinski definition) is 1. The zero-order valence-corrected chi connectivity index (χ0v) is 27.8. The number of anilines is 3. The van der Waals surface area contributed by atoms with Gasteiger partial charge >= 0.3 is 12.4 Å². The van der Waals surface area contributed by atoms with Crippen LogP contribution in [0.1, 0.15) is 23.1 Å². The number of pyridine rings is 1. The molecule has 0 spiro atoms. The second-order valence-corrected chi connectivity index (χ2v) is 11.9. The smallest absolute Gasteiger partial charge is 0.423 e. The molecule has 2 aliphatic heterocycles. The van der Waals surface area contributed by atoms with E-state index in [1.54, 1.807) is 29.2 Å². The average molecular weight is 728 g/mol. The molecule has 2 aliphatic rings. The number of nitrogens with zero attached hydrogens (tertiary/aromatic N) is 6. The summed E-state index contributed by atoms with van der Waals surface area (Å²) < 4.78 is 98.7. The van der Waals surface area contributed by atoms with Crippen LogP contribution in [0.3, 0.4) is 0 Å². The lowest BCUT2D eigenvalue weighted by atomic mass is 10.0. The van der Waals surface area contributed by atoms with Crippen LogP contribution in [0.25, 0.3) is 0 Å². The summed E-state index contributed by atoms with van der Waals surface area (Å²) in [6.07, 6.45) is -8.16. The van der Waals surface area contributed by atoms with Gasteiger partial charge in [0.1, 0.15) is 17.4 Å². The number of halogens is 6. The molecule has 0 aliphatic carbocycles. The van der Waals surface area contributed by atoms with Crippen LogP contribution in [-0.4, -0.2) is 104 Å². The Labute approximate surface area is 287 Å². The van der Waals surface area contributed by atoms with Crippen LogP contribution in [0.2, 0.25) is 0 Å². The molecule has 0 saturated carbocycles. The topological polar surface area (TPSA) is 131 Å². The fourth-order valence-electron chi connectivity index (χ4n) is 5.87. The molecular formula is C32H35F6N7O6. The molecule has 2 amide bonds. The summed E-state index contributed by atoms with van der Waals surface area (Å²) >= 11 is 0. The van der Waals surface area contributed by atoms with Crippen LogP contribution in [0.15, 0.2) is 47.5 Å². The third-order valence-electron chi connectivity index (χ3n) is 8.48. The highest BCUT2D eigenvalue weighted by molar-refractivity contribution is 6.05. The van der Waals surface area contributed by atoms with Crippen molar-refractivity contribution in [2.75, 3.05) is 75.8 Å². The van der Waals surface area contributed by atoms with Gasteiger partial charge in [-0.25, -0.2) is 9.67 Å². The number of ether oxygens (including phenoxy) is 3. The van der Waals surface area contributed by atoms with Gasteiger partial charge in [0.25, 0.3) is 11.5 Å². The normalized spacial score (nSPS) is 16.8. The van der Waals surface area contributed by atoms with Crippen molar-refractivity contribution in [1.29, 1.82) is 0 Å². The maximum absolute atomic E-state index is 14.1. The minimum absolute atomic E-state index is 0.0198. The number of rotatable bonds is 12. The number of carbonyl (C=O) groups excluding carboxylic acids is 2. The lowest BCUT2D eigenvalue weighted by Crippen LogP contribution is -2.63. The number of hydrogen-bond acceptors (Lipinski definition) is 10. The van der Waals surface area contributed by atoms with Gasteiger partial charge in [-0.1, -0.05) is 12.1 Å². The van der Waals surface area contributed by atoms with Crippen molar-refractivity contribution in [1.82, 2.24) is 19.7 Å². The van der Waals surface area contributed by atoms with Gasteiger partial charge in [0, 0.05) is 33.4 Å². The summed E-state index contributed by atoms with van der Waals surface area (Å²) in [6.45, 7) is -0.365. The predicted molar refractivity (Wildman–Crippen MR) is 171 cm³/mol. The van der Waals surface area contributed by atoms with Gasteiger partial charge in [-0.2, -0.15) is 31.4 Å². The Balaban J connectivity index is 1.18. The summed E-state index contributed by atoms with van der Waals surface area (Å²) in [5.41, 5.74) is -3.79. The van der Waals surface area contributed by atoms with E-state index in [1.165, 1.54) is 26.2 Å². The van der Waals surface area contributed by atoms with Crippen LogP contribution >= 0.6 is 0 Å². The molecule has 276 valence electrons. The first-order valence-electron chi connectivity index (χ1n) is 15.6. The van der Waals surface area contributed by atoms with Crippen molar-refractivity contribution in [2.24, 2.45) is 0 Å². The predicted octanol–water partition coefficient (Wildman–Crippen LogP) is 3.26. The summed E-state index contributed by atoms with van der Waals surface area (Å²) in [6, 6.07) is 5.57. The van der Waals surface area contributed by atoms with E-state index in [0.717, 1.165) is 17.2 Å². The number of aromatic nitrogens is 3. The Morgan fingerprint density at radius 3 is 2.39 bits per heavy atom. The molecule has 51 heavy (non-hydrogen) atoms. The van der Waals surface area contributed by atoms with Gasteiger partial charge in [-0.05, 0) is 23.8 Å². The number of piperazine rings is 1. The third-order valence-corrected chi connectivity index (χ3v) is 8.48. The fraction of sp³-hybridized carbons (Fsp3) is 0.469. The van der Waals surface area contributed by atoms with E-state index in [2.05, 4.69) is 15.4 Å². The standard InChI is InChI=1S/C32H35F6N7O6/c1-42-24-12-20(31(33,34)35)13-39-28(24)44-10-9-43(16-25(44)29(42)47)26(46)8-11-51-18-21(17-49-2)41-23-14-40-45(30(48)27(23)32(36,37)38)15-19-4-6-22(50-3)7-5-19/h4-7,12-14,21,25,41H,8-11,15-18H2,1-3H3/t21-,25-/m0/s1. The van der Waals surface area contributed by atoms with Crippen LogP contribution in [-0.2, 0) is 38.0 Å². The van der Waals surface area contributed by atoms with Crippen molar-refractivity contribution in [2.45, 2.75) is 37.4 Å². The summed E-state index contributed by atoms with van der Waals surface area (Å²) in [5, 5.41) is 6.58. The largest absolute Gasteiger partial charge is 0.497 e. The Bertz CT molecular complexity index is 1790. The van der Waals surface area contributed by atoms with E-state index in [-0.39, 0.29) is 69.8 Å². The van der Waals surface area contributed by atoms with E-state index in [1.807, 2.05) is 0 Å². The molecule has 19 heteroatoms. The number of nitrogens with one attached hydrogen (secondary N) is 1. The van der Waals surface area contributed by atoms with Crippen LogP contribution in [0.5, 0.6) is 5.75 Å². The molecule has 1 fully saturated rings. The number of benzene rings is 1. The molecule has 5 rings (SSSR count). The summed E-state index contributed by atoms with van der Waals surface area (Å²) in [7, 11) is 4.15.